The van der Waals surface area contributed by atoms with Crippen molar-refractivity contribution in [3.63, 3.8) is 0 Å². The minimum absolute atomic E-state index is 0.0171. The van der Waals surface area contributed by atoms with Gasteiger partial charge in [0.05, 0.1) is 26.2 Å². The summed E-state index contributed by atoms with van der Waals surface area (Å²) in [6, 6.07) is 4.21. The molecule has 11 heteroatoms. The Hall–Kier alpha value is -3.02. The average Bonchev–Trinajstić information content (AvgIpc) is 3.33. The Kier molecular flexibility index (Phi) is 7.66. The van der Waals surface area contributed by atoms with Crippen LogP contribution in [0, 0.1) is 11.6 Å². The van der Waals surface area contributed by atoms with E-state index in [0.29, 0.717) is 39.3 Å². The molecule has 0 aliphatic carbocycles. The molecule has 2 aliphatic rings. The van der Waals surface area contributed by atoms with Crippen molar-refractivity contribution in [1.82, 2.24) is 14.5 Å². The van der Waals surface area contributed by atoms with Crippen molar-refractivity contribution < 1.29 is 27.8 Å². The van der Waals surface area contributed by atoms with Gasteiger partial charge in [-0.15, -0.1) is 0 Å². The molecule has 1 fully saturated rings. The largest absolute Gasteiger partial charge is 0.493 e. The van der Waals surface area contributed by atoms with Gasteiger partial charge in [0.2, 0.25) is 5.91 Å². The maximum Gasteiger partial charge on any atom is 0.238 e. The zero-order chi connectivity index (χ0) is 28.8. The molecular formula is C29H38F2N4O4Si. The SMILES string of the molecule is COc1cc(OC)c(F)c(N2Cc3cnc4c(ccn4COCC[Si](C)(C)C)c3C3(CCN(C)CC3)C2=O)c1F. The van der Waals surface area contributed by atoms with Crippen LogP contribution in [-0.2, 0) is 28.2 Å². The van der Waals surface area contributed by atoms with Crippen molar-refractivity contribution >= 4 is 30.7 Å². The molecule has 0 unspecified atom stereocenters. The first-order valence-electron chi connectivity index (χ1n) is 13.7. The number of hydrogen-bond acceptors (Lipinski definition) is 6. The minimum atomic E-state index is -1.21. The van der Waals surface area contributed by atoms with Crippen molar-refractivity contribution in [3.8, 4) is 11.5 Å². The van der Waals surface area contributed by atoms with Gasteiger partial charge in [-0.2, -0.15) is 0 Å². The molecule has 4 heterocycles. The predicted molar refractivity (Wildman–Crippen MR) is 153 cm³/mol. The second-order valence-electron chi connectivity index (χ2n) is 12.1. The van der Waals surface area contributed by atoms with E-state index in [-0.39, 0.29) is 24.0 Å². The molecular weight excluding hydrogens is 534 g/mol. The van der Waals surface area contributed by atoms with Gasteiger partial charge in [0, 0.05) is 38.5 Å². The molecule has 0 bridgehead atoms. The van der Waals surface area contributed by atoms with E-state index in [2.05, 4.69) is 24.5 Å². The lowest BCUT2D eigenvalue weighted by Gasteiger charge is -2.47. The number of likely N-dealkylation sites (tertiary alicyclic amines) is 1. The summed E-state index contributed by atoms with van der Waals surface area (Å²) in [7, 11) is 3.40. The van der Waals surface area contributed by atoms with Crippen LogP contribution in [0.2, 0.25) is 25.7 Å². The van der Waals surface area contributed by atoms with E-state index in [1.807, 2.05) is 23.9 Å². The molecule has 5 rings (SSSR count). The normalized spacial score (nSPS) is 17.5. The molecule has 0 atom stereocenters. The summed E-state index contributed by atoms with van der Waals surface area (Å²) >= 11 is 0. The van der Waals surface area contributed by atoms with E-state index < -0.39 is 30.8 Å². The summed E-state index contributed by atoms with van der Waals surface area (Å²) in [5, 5.41) is 0.882. The van der Waals surface area contributed by atoms with Crippen LogP contribution in [0.1, 0.15) is 24.0 Å². The molecule has 3 aromatic rings. The maximum atomic E-state index is 15.6. The molecule has 216 valence electrons. The Balaban J connectivity index is 1.60. The molecule has 2 aliphatic heterocycles. The van der Waals surface area contributed by atoms with Gasteiger partial charge in [-0.3, -0.25) is 4.79 Å². The van der Waals surface area contributed by atoms with Crippen molar-refractivity contribution in [2.75, 3.05) is 45.9 Å². The standard InChI is InChI=1S/C29H38F2N4O4Si/c1-33-11-8-29(9-12-33)23-19(16-32-27-20(23)7-10-34(27)18-39-13-14-40(4,5)6)17-35(28(29)36)26-24(30)21(37-2)15-22(38-3)25(26)31/h7,10,15-16H,8-9,11-14,17-18H2,1-6H3. The van der Waals surface area contributed by atoms with Gasteiger partial charge in [0.15, 0.2) is 23.1 Å². The summed E-state index contributed by atoms with van der Waals surface area (Å²) in [6.07, 6.45) is 4.72. The number of ether oxygens (including phenoxy) is 3. The van der Waals surface area contributed by atoms with Gasteiger partial charge in [0.1, 0.15) is 18.1 Å². The number of halogens is 2. The smallest absolute Gasteiger partial charge is 0.238 e. The Morgan fingerprint density at radius 3 is 2.33 bits per heavy atom. The number of fused-ring (bicyclic) bond motifs is 4. The van der Waals surface area contributed by atoms with Gasteiger partial charge in [-0.25, -0.2) is 13.8 Å². The lowest BCUT2D eigenvalue weighted by Crippen LogP contribution is -2.56. The van der Waals surface area contributed by atoms with Crippen molar-refractivity contribution in [3.05, 3.63) is 47.3 Å². The third-order valence-corrected chi connectivity index (χ3v) is 9.92. The van der Waals surface area contributed by atoms with Crippen LogP contribution in [0.4, 0.5) is 14.5 Å². The summed E-state index contributed by atoms with van der Waals surface area (Å²) in [6.45, 7) is 9.34. The van der Waals surface area contributed by atoms with Gasteiger partial charge in [-0.1, -0.05) is 19.6 Å². The van der Waals surface area contributed by atoms with E-state index in [9.17, 15) is 4.79 Å². The third-order valence-electron chi connectivity index (χ3n) is 8.22. The fourth-order valence-corrected chi connectivity index (χ4v) is 6.63. The lowest BCUT2D eigenvalue weighted by molar-refractivity contribution is -0.126. The summed E-state index contributed by atoms with van der Waals surface area (Å²) < 4.78 is 49.5. The Bertz CT molecular complexity index is 1400. The first-order valence-corrected chi connectivity index (χ1v) is 17.4. The van der Waals surface area contributed by atoms with Gasteiger partial charge < -0.3 is 28.6 Å². The lowest BCUT2D eigenvalue weighted by atomic mass is 9.67. The van der Waals surface area contributed by atoms with Crippen LogP contribution in [-0.4, -0.2) is 69.4 Å². The van der Waals surface area contributed by atoms with Crippen LogP contribution < -0.4 is 14.4 Å². The minimum Gasteiger partial charge on any atom is -0.493 e. The first-order chi connectivity index (χ1) is 19.0. The van der Waals surface area contributed by atoms with Crippen LogP contribution in [0.3, 0.4) is 0 Å². The average molecular weight is 573 g/mol. The molecule has 1 saturated heterocycles. The summed E-state index contributed by atoms with van der Waals surface area (Å²) in [5.74, 6) is -2.58. The molecule has 0 radical (unpaired) electrons. The van der Waals surface area contributed by atoms with Crippen LogP contribution in [0.15, 0.2) is 24.5 Å². The number of piperidine rings is 1. The number of carbonyl (C=O) groups excluding carboxylic acids is 1. The quantitative estimate of drug-likeness (QED) is 0.275. The Morgan fingerprint density at radius 2 is 1.73 bits per heavy atom. The number of rotatable bonds is 8. The van der Waals surface area contributed by atoms with Crippen LogP contribution >= 0.6 is 0 Å². The Labute approximate surface area is 234 Å². The number of carbonyl (C=O) groups is 1. The predicted octanol–water partition coefficient (Wildman–Crippen LogP) is 5.15. The summed E-state index contributed by atoms with van der Waals surface area (Å²) in [5.41, 5.74) is 1.00. The second kappa shape index (κ2) is 10.8. The maximum absolute atomic E-state index is 15.6. The molecule has 1 spiro atoms. The van der Waals surface area contributed by atoms with E-state index in [1.54, 1.807) is 6.20 Å². The number of pyridine rings is 1. The zero-order valence-electron chi connectivity index (χ0n) is 24.1. The number of anilines is 1. The van der Waals surface area contributed by atoms with E-state index in [4.69, 9.17) is 19.2 Å². The van der Waals surface area contributed by atoms with Crippen molar-refractivity contribution in [1.29, 1.82) is 0 Å². The highest BCUT2D eigenvalue weighted by atomic mass is 28.3. The van der Waals surface area contributed by atoms with Gasteiger partial charge in [-0.05, 0) is 56.2 Å². The highest BCUT2D eigenvalue weighted by molar-refractivity contribution is 6.76. The van der Waals surface area contributed by atoms with E-state index in [1.165, 1.54) is 19.1 Å². The number of hydrogen-bond donors (Lipinski definition) is 0. The Morgan fingerprint density at radius 1 is 1.07 bits per heavy atom. The molecule has 8 nitrogen and oxygen atoms in total. The number of aromatic nitrogens is 2. The molecule has 0 saturated carbocycles. The third kappa shape index (κ3) is 4.88. The van der Waals surface area contributed by atoms with E-state index >= 15 is 8.78 Å². The number of nitrogens with zero attached hydrogens (tertiary/aromatic N) is 4. The molecule has 1 aromatic carbocycles. The van der Waals surface area contributed by atoms with Crippen LogP contribution in [0.25, 0.3) is 11.0 Å². The van der Waals surface area contributed by atoms with Gasteiger partial charge >= 0.3 is 0 Å². The number of methoxy groups -OCH3 is 2. The highest BCUT2D eigenvalue weighted by Gasteiger charge is 2.51. The monoisotopic (exact) mass is 572 g/mol. The number of amides is 1. The second-order valence-corrected chi connectivity index (χ2v) is 17.7. The summed E-state index contributed by atoms with van der Waals surface area (Å²) in [4.78, 5) is 22.6. The molecule has 40 heavy (non-hydrogen) atoms. The molecule has 1 amide bonds. The van der Waals surface area contributed by atoms with E-state index in [0.717, 1.165) is 34.3 Å². The zero-order valence-corrected chi connectivity index (χ0v) is 25.1. The fraction of sp³-hybridized carbons (Fsp3) is 0.517. The topological polar surface area (TPSA) is 69.1 Å². The highest BCUT2D eigenvalue weighted by Crippen LogP contribution is 2.48. The fourth-order valence-electron chi connectivity index (χ4n) is 5.87. The van der Waals surface area contributed by atoms with Crippen molar-refractivity contribution in [2.45, 2.75) is 57.2 Å². The number of benzene rings is 1. The molecule has 2 aromatic heterocycles. The molecule has 0 N–H and O–H groups in total. The van der Waals surface area contributed by atoms with Gasteiger partial charge in [0.25, 0.3) is 0 Å². The van der Waals surface area contributed by atoms with Crippen LogP contribution in [0.5, 0.6) is 11.5 Å². The van der Waals surface area contributed by atoms with Crippen molar-refractivity contribution in [2.24, 2.45) is 0 Å². The first kappa shape index (κ1) is 28.5.